The molecule has 2 atom stereocenters. The van der Waals surface area contributed by atoms with E-state index >= 15 is 0 Å². The number of benzene rings is 1. The minimum absolute atomic E-state index is 0.0519. The fraction of sp³-hybridized carbons (Fsp3) is 0.350. The van der Waals surface area contributed by atoms with Crippen LogP contribution in [0.5, 0.6) is 5.75 Å². The molecule has 136 valence electrons. The maximum absolute atomic E-state index is 12.2. The average molecular weight is 353 g/mol. The van der Waals surface area contributed by atoms with Gasteiger partial charge in [-0.15, -0.1) is 0 Å². The Morgan fingerprint density at radius 1 is 1.08 bits per heavy atom. The van der Waals surface area contributed by atoms with Gasteiger partial charge in [0.05, 0.1) is 18.9 Å². The molecule has 0 aliphatic heterocycles. The quantitative estimate of drug-likeness (QED) is 0.757. The minimum atomic E-state index is -0.219. The van der Waals surface area contributed by atoms with E-state index < -0.39 is 0 Å². The van der Waals surface area contributed by atoms with Crippen molar-refractivity contribution in [3.05, 3.63) is 59.9 Å². The van der Waals surface area contributed by atoms with Crippen molar-refractivity contribution in [2.24, 2.45) is 11.8 Å². The number of nitrogens with one attached hydrogen (secondary N) is 2. The van der Waals surface area contributed by atoms with Crippen LogP contribution in [0.15, 0.2) is 48.8 Å². The molecular weight excluding hydrogens is 330 g/mol. The molecule has 0 saturated heterocycles. The summed E-state index contributed by atoms with van der Waals surface area (Å²) in [6, 6.07) is 11.5. The van der Waals surface area contributed by atoms with Crippen molar-refractivity contribution in [1.29, 1.82) is 0 Å². The van der Waals surface area contributed by atoms with Gasteiger partial charge in [0, 0.05) is 25.5 Å². The first kappa shape index (κ1) is 17.9. The Balaban J connectivity index is 1.39. The van der Waals surface area contributed by atoms with Crippen LogP contribution in [0.2, 0.25) is 0 Å². The van der Waals surface area contributed by atoms with Crippen molar-refractivity contribution in [3.63, 3.8) is 0 Å². The van der Waals surface area contributed by atoms with Crippen molar-refractivity contribution < 1.29 is 14.3 Å². The first-order chi connectivity index (χ1) is 12.7. The summed E-state index contributed by atoms with van der Waals surface area (Å²) in [5.74, 6) is 0.269. The zero-order valence-electron chi connectivity index (χ0n) is 14.8. The Bertz CT molecular complexity index is 764. The fourth-order valence-electron chi connectivity index (χ4n) is 2.96. The van der Waals surface area contributed by atoms with Crippen LogP contribution in [0.1, 0.15) is 17.5 Å². The Morgan fingerprint density at radius 3 is 2.50 bits per heavy atom. The zero-order valence-corrected chi connectivity index (χ0v) is 14.8. The van der Waals surface area contributed by atoms with E-state index in [2.05, 4.69) is 15.6 Å². The molecule has 6 nitrogen and oxygen atoms in total. The normalized spacial score (nSPS) is 18.0. The average Bonchev–Trinajstić information content (AvgIpc) is 3.48. The molecule has 1 aromatic heterocycles. The van der Waals surface area contributed by atoms with Crippen molar-refractivity contribution in [2.75, 3.05) is 13.7 Å². The molecule has 1 aliphatic carbocycles. The van der Waals surface area contributed by atoms with Gasteiger partial charge in [-0.2, -0.15) is 0 Å². The summed E-state index contributed by atoms with van der Waals surface area (Å²) >= 11 is 0. The van der Waals surface area contributed by atoms with Gasteiger partial charge >= 0.3 is 0 Å². The third-order valence-corrected chi connectivity index (χ3v) is 4.57. The van der Waals surface area contributed by atoms with E-state index in [-0.39, 0.29) is 23.7 Å². The van der Waals surface area contributed by atoms with Gasteiger partial charge in [-0.05, 0) is 42.2 Å². The number of nitrogens with zero attached hydrogens (tertiary/aromatic N) is 1. The van der Waals surface area contributed by atoms with E-state index in [9.17, 15) is 9.59 Å². The summed E-state index contributed by atoms with van der Waals surface area (Å²) in [5.41, 5.74) is 2.05. The number of hydrogen-bond acceptors (Lipinski definition) is 4. The molecule has 2 N–H and O–H groups in total. The highest BCUT2D eigenvalue weighted by Crippen LogP contribution is 2.38. The summed E-state index contributed by atoms with van der Waals surface area (Å²) in [6.07, 6.45) is 4.69. The predicted molar refractivity (Wildman–Crippen MR) is 97.4 cm³/mol. The maximum Gasteiger partial charge on any atom is 0.224 e. The van der Waals surface area contributed by atoms with Crippen LogP contribution in [0.3, 0.4) is 0 Å². The standard InChI is InChI=1S/C20H23N3O3/c1-26-18-5-3-2-4-15(18)8-11-22-19(24)16-12-17(16)20(25)23-13-14-6-9-21-10-7-14/h2-7,9-10,16-17H,8,11-13H2,1H3,(H,22,24)(H,23,25). The monoisotopic (exact) mass is 353 g/mol. The third kappa shape index (κ3) is 4.59. The summed E-state index contributed by atoms with van der Waals surface area (Å²) < 4.78 is 5.31. The molecule has 0 radical (unpaired) electrons. The summed E-state index contributed by atoms with van der Waals surface area (Å²) in [7, 11) is 1.64. The number of rotatable bonds is 8. The molecular formula is C20H23N3O3. The van der Waals surface area contributed by atoms with Crippen LogP contribution in [-0.2, 0) is 22.6 Å². The van der Waals surface area contributed by atoms with Gasteiger partial charge in [0.25, 0.3) is 0 Å². The van der Waals surface area contributed by atoms with Crippen molar-refractivity contribution in [1.82, 2.24) is 15.6 Å². The highest BCUT2D eigenvalue weighted by Gasteiger charge is 2.47. The summed E-state index contributed by atoms with van der Waals surface area (Å²) in [6.45, 7) is 0.987. The number of pyridine rings is 1. The Kier molecular flexibility index (Phi) is 5.84. The molecule has 3 rings (SSSR count). The van der Waals surface area contributed by atoms with Crippen molar-refractivity contribution >= 4 is 11.8 Å². The van der Waals surface area contributed by atoms with E-state index in [1.54, 1.807) is 19.5 Å². The van der Waals surface area contributed by atoms with Gasteiger partial charge in [0.2, 0.25) is 11.8 Å². The van der Waals surface area contributed by atoms with Crippen molar-refractivity contribution in [2.45, 2.75) is 19.4 Å². The number of methoxy groups -OCH3 is 1. The Morgan fingerprint density at radius 2 is 1.77 bits per heavy atom. The Hall–Kier alpha value is -2.89. The molecule has 2 unspecified atom stereocenters. The predicted octanol–water partition coefficient (Wildman–Crippen LogP) is 1.70. The van der Waals surface area contributed by atoms with Crippen LogP contribution in [0.4, 0.5) is 0 Å². The van der Waals surface area contributed by atoms with E-state index in [0.29, 0.717) is 25.9 Å². The van der Waals surface area contributed by atoms with Gasteiger partial charge in [0.15, 0.2) is 0 Å². The third-order valence-electron chi connectivity index (χ3n) is 4.57. The number of hydrogen-bond donors (Lipinski definition) is 2. The van der Waals surface area contributed by atoms with Gasteiger partial charge in [-0.1, -0.05) is 18.2 Å². The fourth-order valence-corrected chi connectivity index (χ4v) is 2.96. The summed E-state index contributed by atoms with van der Waals surface area (Å²) in [5, 5.41) is 5.80. The molecule has 6 heteroatoms. The second kappa shape index (κ2) is 8.47. The molecule has 2 aromatic rings. The molecule has 1 fully saturated rings. The second-order valence-corrected chi connectivity index (χ2v) is 6.37. The largest absolute Gasteiger partial charge is 0.496 e. The smallest absolute Gasteiger partial charge is 0.224 e. The molecule has 0 spiro atoms. The lowest BCUT2D eigenvalue weighted by Crippen LogP contribution is -2.31. The number of aromatic nitrogens is 1. The van der Waals surface area contributed by atoms with Crippen LogP contribution in [-0.4, -0.2) is 30.5 Å². The highest BCUT2D eigenvalue weighted by atomic mass is 16.5. The molecule has 1 aromatic carbocycles. The van der Waals surface area contributed by atoms with Crippen molar-refractivity contribution in [3.8, 4) is 5.75 Å². The zero-order chi connectivity index (χ0) is 18.4. The molecule has 1 heterocycles. The van der Waals surface area contributed by atoms with E-state index in [0.717, 1.165) is 16.9 Å². The highest BCUT2D eigenvalue weighted by molar-refractivity contribution is 5.92. The second-order valence-electron chi connectivity index (χ2n) is 6.37. The first-order valence-electron chi connectivity index (χ1n) is 8.75. The topological polar surface area (TPSA) is 80.3 Å². The lowest BCUT2D eigenvalue weighted by Gasteiger charge is -2.09. The molecule has 0 bridgehead atoms. The molecule has 26 heavy (non-hydrogen) atoms. The molecule has 1 saturated carbocycles. The van der Waals surface area contributed by atoms with Crippen LogP contribution in [0.25, 0.3) is 0 Å². The number of para-hydroxylation sites is 1. The first-order valence-corrected chi connectivity index (χ1v) is 8.75. The number of carbonyl (C=O) groups is 2. The van der Waals surface area contributed by atoms with Gasteiger partial charge in [0.1, 0.15) is 5.75 Å². The SMILES string of the molecule is COc1ccccc1CCNC(=O)C1CC1C(=O)NCc1ccncc1. The maximum atomic E-state index is 12.2. The van der Waals surface area contributed by atoms with Gasteiger partial charge in [-0.3, -0.25) is 14.6 Å². The van der Waals surface area contributed by atoms with E-state index in [1.165, 1.54) is 0 Å². The summed E-state index contributed by atoms with van der Waals surface area (Å²) in [4.78, 5) is 28.3. The van der Waals surface area contributed by atoms with Gasteiger partial charge in [-0.25, -0.2) is 0 Å². The molecule has 1 aliphatic rings. The van der Waals surface area contributed by atoms with Crippen LogP contribution >= 0.6 is 0 Å². The molecule has 2 amide bonds. The number of amides is 2. The van der Waals surface area contributed by atoms with Gasteiger partial charge < -0.3 is 15.4 Å². The van der Waals surface area contributed by atoms with E-state index in [1.807, 2.05) is 36.4 Å². The van der Waals surface area contributed by atoms with Crippen LogP contribution in [0, 0.1) is 11.8 Å². The number of carbonyl (C=O) groups excluding carboxylic acids is 2. The van der Waals surface area contributed by atoms with E-state index in [4.69, 9.17) is 4.74 Å². The number of ether oxygens (including phenoxy) is 1. The lowest BCUT2D eigenvalue weighted by atomic mass is 10.1. The van der Waals surface area contributed by atoms with Crippen LogP contribution < -0.4 is 15.4 Å². The minimum Gasteiger partial charge on any atom is -0.496 e. The Labute approximate surface area is 153 Å². The lowest BCUT2D eigenvalue weighted by molar-refractivity contribution is -0.127.